The minimum absolute atomic E-state index is 0.0248. The largest absolute Gasteiger partial charge is 0.354 e. The predicted octanol–water partition coefficient (Wildman–Crippen LogP) is 1.13. The molecule has 6 atom stereocenters. The molecule has 5 N–H and O–H groups in total. The van der Waals surface area contributed by atoms with Gasteiger partial charge in [-0.3, -0.25) is 14.4 Å². The number of anilines is 2. The number of aromatic nitrogens is 3. The van der Waals surface area contributed by atoms with Gasteiger partial charge in [0.25, 0.3) is 0 Å². The van der Waals surface area contributed by atoms with Crippen LogP contribution in [0.15, 0.2) is 0 Å². The van der Waals surface area contributed by atoms with E-state index in [-0.39, 0.29) is 53.6 Å². The molecule has 0 spiro atoms. The minimum atomic E-state index is -0.718. The van der Waals surface area contributed by atoms with Crippen LogP contribution >= 0.6 is 23.4 Å². The van der Waals surface area contributed by atoms with Crippen LogP contribution in [0.5, 0.6) is 0 Å². The molecule has 4 saturated heterocycles. The topological polar surface area (TPSA) is 182 Å². The van der Waals surface area contributed by atoms with Crippen molar-refractivity contribution in [3.63, 3.8) is 0 Å². The molecule has 0 radical (unpaired) electrons. The van der Waals surface area contributed by atoms with Crippen LogP contribution in [0, 0.1) is 5.92 Å². The number of fused-ring (bicyclic) bond motifs is 1. The second kappa shape index (κ2) is 16.5. The van der Waals surface area contributed by atoms with Crippen molar-refractivity contribution in [2.45, 2.75) is 88.2 Å². The van der Waals surface area contributed by atoms with Crippen molar-refractivity contribution in [1.29, 1.82) is 0 Å². The Bertz CT molecular complexity index is 1320. The monoisotopic (exact) mass is 707 g/mol. The fourth-order valence-corrected chi connectivity index (χ4v) is 8.74. The third-order valence-corrected chi connectivity index (χ3v) is 11.7. The second-order valence-electron chi connectivity index (χ2n) is 13.2. The van der Waals surface area contributed by atoms with Gasteiger partial charge < -0.3 is 41.3 Å². The molecule has 17 heteroatoms. The van der Waals surface area contributed by atoms with Gasteiger partial charge in [0.05, 0.1) is 12.1 Å². The van der Waals surface area contributed by atoms with Gasteiger partial charge in [-0.25, -0.2) is 4.79 Å². The molecule has 0 aliphatic carbocycles. The number of urea groups is 1. The molecule has 0 bridgehead atoms. The number of unbranched alkanes of at least 4 members (excludes halogenated alkanes) is 2. The standard InChI is InChI=1S/C31H50ClN11O4S/c1-4-19(2)25-27(46)43(17-23(44)40(25)3)21(9-5-7-11-33)26(45)41-13-15-42(16-14-41)30-38-28(32)37-29(39-30)34-12-8-6-10-22-24-20(18-48-22)35-31(47)36-24/h19-22,24-25H,4-18,33H2,1-3H3,(H2,35,36,47)(H,34,37,38,39)/t19-,20-,21-,22-,24-,25-/m0/s1. The van der Waals surface area contributed by atoms with Gasteiger partial charge in [-0.15, -0.1) is 0 Å². The molecule has 15 nitrogen and oxygen atoms in total. The molecular weight excluding hydrogens is 658 g/mol. The summed E-state index contributed by atoms with van der Waals surface area (Å²) in [5, 5.41) is 9.80. The van der Waals surface area contributed by atoms with E-state index in [4.69, 9.17) is 17.3 Å². The number of hydrogen-bond donors (Lipinski definition) is 4. The molecule has 48 heavy (non-hydrogen) atoms. The van der Waals surface area contributed by atoms with Crippen LogP contribution in [0.1, 0.15) is 58.8 Å². The van der Waals surface area contributed by atoms with E-state index in [1.54, 1.807) is 11.9 Å². The number of nitrogens with zero attached hydrogens (tertiary/aromatic N) is 7. The van der Waals surface area contributed by atoms with Crippen molar-refractivity contribution in [3.8, 4) is 0 Å². The summed E-state index contributed by atoms with van der Waals surface area (Å²) in [6.07, 6.45) is 5.56. The molecule has 0 unspecified atom stereocenters. The zero-order valence-corrected chi connectivity index (χ0v) is 29.8. The first kappa shape index (κ1) is 36.2. The lowest BCUT2D eigenvalue weighted by atomic mass is 9.93. The van der Waals surface area contributed by atoms with Crippen molar-refractivity contribution < 1.29 is 19.2 Å². The third kappa shape index (κ3) is 8.36. The second-order valence-corrected chi connectivity index (χ2v) is 14.8. The number of halogens is 1. The highest BCUT2D eigenvalue weighted by Gasteiger charge is 2.45. The highest BCUT2D eigenvalue weighted by molar-refractivity contribution is 8.00. The Morgan fingerprint density at radius 1 is 1.08 bits per heavy atom. The smallest absolute Gasteiger partial charge is 0.315 e. The molecule has 5 heterocycles. The lowest BCUT2D eigenvalue weighted by molar-refractivity contribution is -0.163. The summed E-state index contributed by atoms with van der Waals surface area (Å²) < 4.78 is 0. The average Bonchev–Trinajstić information content (AvgIpc) is 3.63. The average molecular weight is 708 g/mol. The number of likely N-dealkylation sites (N-methyl/N-ethyl adjacent to an activating group) is 1. The van der Waals surface area contributed by atoms with Crippen LogP contribution in [-0.4, -0.2) is 141 Å². The Labute approximate surface area is 291 Å². The summed E-state index contributed by atoms with van der Waals surface area (Å²) in [7, 11) is 1.67. The minimum Gasteiger partial charge on any atom is -0.354 e. The Balaban J connectivity index is 1.14. The number of nitrogens with one attached hydrogen (secondary N) is 3. The predicted molar refractivity (Wildman–Crippen MR) is 186 cm³/mol. The highest BCUT2D eigenvalue weighted by atomic mass is 35.5. The van der Waals surface area contributed by atoms with Gasteiger partial charge in [0.2, 0.25) is 34.9 Å². The quantitative estimate of drug-likeness (QED) is 0.152. The number of thioether (sulfide) groups is 1. The normalized spacial score (nSPS) is 25.6. The molecule has 0 aromatic carbocycles. The molecule has 0 saturated carbocycles. The van der Waals surface area contributed by atoms with Crippen LogP contribution in [0.2, 0.25) is 5.28 Å². The van der Waals surface area contributed by atoms with E-state index in [0.29, 0.717) is 69.3 Å². The van der Waals surface area contributed by atoms with Crippen molar-refractivity contribution in [2.24, 2.45) is 11.7 Å². The molecule has 5 amide bonds. The Morgan fingerprint density at radius 3 is 2.58 bits per heavy atom. The summed E-state index contributed by atoms with van der Waals surface area (Å²) in [6.45, 7) is 6.84. The molecule has 5 rings (SSSR count). The SMILES string of the molecule is CC[C@H](C)[C@H]1C(=O)N([C@@H](CCCCN)C(=O)N2CCN(c3nc(Cl)nc(NCCCC[C@@H]4SC[C@@H]5NC(=O)N[C@@H]54)n3)CC2)CC(=O)N1C. The van der Waals surface area contributed by atoms with Gasteiger partial charge in [0.15, 0.2) is 0 Å². The van der Waals surface area contributed by atoms with Gasteiger partial charge in [0, 0.05) is 50.8 Å². The van der Waals surface area contributed by atoms with Crippen molar-refractivity contribution in [1.82, 2.24) is 40.3 Å². The maximum atomic E-state index is 14.0. The van der Waals surface area contributed by atoms with Gasteiger partial charge in [0.1, 0.15) is 18.6 Å². The van der Waals surface area contributed by atoms with E-state index in [2.05, 4.69) is 30.9 Å². The Kier molecular flexibility index (Phi) is 12.5. The molecule has 1 aromatic rings. The molecule has 1 aromatic heterocycles. The number of carbonyl (C=O) groups excluding carboxylic acids is 4. The fraction of sp³-hybridized carbons (Fsp3) is 0.774. The number of hydrogen-bond acceptors (Lipinski definition) is 11. The Hall–Kier alpha value is -3.11. The fourth-order valence-electron chi connectivity index (χ4n) is 7.04. The number of piperazine rings is 2. The highest BCUT2D eigenvalue weighted by Crippen LogP contribution is 2.33. The van der Waals surface area contributed by atoms with Crippen LogP contribution in [0.25, 0.3) is 0 Å². The van der Waals surface area contributed by atoms with Gasteiger partial charge >= 0.3 is 6.03 Å². The summed E-state index contributed by atoms with van der Waals surface area (Å²) in [4.78, 5) is 72.4. The van der Waals surface area contributed by atoms with Gasteiger partial charge in [-0.2, -0.15) is 26.7 Å². The maximum Gasteiger partial charge on any atom is 0.315 e. The van der Waals surface area contributed by atoms with E-state index in [1.807, 2.05) is 30.5 Å². The molecule has 266 valence electrons. The van der Waals surface area contributed by atoms with Gasteiger partial charge in [-0.1, -0.05) is 26.7 Å². The number of rotatable bonds is 15. The van der Waals surface area contributed by atoms with Crippen molar-refractivity contribution >= 4 is 59.0 Å². The first-order valence-electron chi connectivity index (χ1n) is 17.2. The zero-order chi connectivity index (χ0) is 34.4. The first-order chi connectivity index (χ1) is 23.1. The summed E-state index contributed by atoms with van der Waals surface area (Å²) >= 11 is 8.20. The first-order valence-corrected chi connectivity index (χ1v) is 18.7. The maximum absolute atomic E-state index is 14.0. The number of nitrogens with two attached hydrogens (primary N) is 1. The third-order valence-electron chi connectivity index (χ3n) is 10.0. The lowest BCUT2D eigenvalue weighted by Crippen LogP contribution is -2.65. The van der Waals surface area contributed by atoms with E-state index >= 15 is 0 Å². The lowest BCUT2D eigenvalue weighted by Gasteiger charge is -2.45. The molecule has 4 aliphatic heterocycles. The summed E-state index contributed by atoms with van der Waals surface area (Å²) in [6, 6.07) is -0.927. The number of amides is 5. The Morgan fingerprint density at radius 2 is 1.85 bits per heavy atom. The van der Waals surface area contributed by atoms with Crippen LogP contribution < -0.4 is 26.6 Å². The zero-order valence-electron chi connectivity index (χ0n) is 28.2. The number of carbonyl (C=O) groups is 4. The molecule has 4 aliphatic rings. The van der Waals surface area contributed by atoms with Crippen LogP contribution in [0.3, 0.4) is 0 Å². The van der Waals surface area contributed by atoms with E-state index < -0.39 is 12.1 Å². The van der Waals surface area contributed by atoms with Gasteiger partial charge in [-0.05, 0) is 56.2 Å². The van der Waals surface area contributed by atoms with Crippen molar-refractivity contribution in [2.75, 3.05) is 68.8 Å². The van der Waals surface area contributed by atoms with E-state index in [0.717, 1.165) is 37.9 Å². The summed E-state index contributed by atoms with van der Waals surface area (Å²) in [5.74, 6) is 1.31. The van der Waals surface area contributed by atoms with E-state index in [9.17, 15) is 19.2 Å². The van der Waals surface area contributed by atoms with Crippen LogP contribution in [0.4, 0.5) is 16.7 Å². The summed E-state index contributed by atoms with van der Waals surface area (Å²) in [5.41, 5.74) is 5.75. The van der Waals surface area contributed by atoms with E-state index in [1.165, 1.54) is 9.80 Å². The van der Waals surface area contributed by atoms with Crippen LogP contribution in [-0.2, 0) is 14.4 Å². The van der Waals surface area contributed by atoms with Crippen molar-refractivity contribution in [3.05, 3.63) is 5.28 Å². The molecule has 4 fully saturated rings. The molecular formula is C31H50ClN11O4S.